The van der Waals surface area contributed by atoms with Crippen molar-refractivity contribution in [1.82, 2.24) is 15.5 Å². The molecule has 5 nitrogen and oxygen atoms in total. The molecule has 2 atom stereocenters. The maximum Gasteiger partial charge on any atom is 0.223 e. The van der Waals surface area contributed by atoms with Crippen LogP contribution in [0.3, 0.4) is 0 Å². The van der Waals surface area contributed by atoms with Gasteiger partial charge in [0.05, 0.1) is 0 Å². The van der Waals surface area contributed by atoms with Crippen LogP contribution in [-0.4, -0.2) is 48.9 Å². The highest BCUT2D eigenvalue weighted by Gasteiger charge is 2.28. The van der Waals surface area contributed by atoms with Crippen LogP contribution in [0.25, 0.3) is 0 Å². The summed E-state index contributed by atoms with van der Waals surface area (Å²) in [6, 6.07) is 3.67. The van der Waals surface area contributed by atoms with E-state index in [2.05, 4.69) is 10.6 Å². The monoisotopic (exact) mass is 403 g/mol. The number of halogens is 3. The number of nitrogens with one attached hydrogen (secondary N) is 2. The molecule has 2 N–H and O–H groups in total. The lowest BCUT2D eigenvalue weighted by atomic mass is 9.86. The normalized spacial score (nSPS) is 19.1. The molecule has 1 saturated heterocycles. The second-order valence-electron chi connectivity index (χ2n) is 6.51. The Morgan fingerprint density at radius 1 is 1.19 bits per heavy atom. The lowest BCUT2D eigenvalue weighted by molar-refractivity contribution is -0.133. The Hall–Kier alpha value is -1.73. The smallest absolute Gasteiger partial charge is 0.223 e. The van der Waals surface area contributed by atoms with E-state index in [1.54, 1.807) is 11.0 Å². The summed E-state index contributed by atoms with van der Waals surface area (Å²) in [5.74, 6) is -2.08. The number of hydrogen-bond acceptors (Lipinski definition) is 3. The van der Waals surface area contributed by atoms with E-state index in [0.717, 1.165) is 12.6 Å². The van der Waals surface area contributed by atoms with Crippen molar-refractivity contribution in [1.29, 1.82) is 0 Å². The summed E-state index contributed by atoms with van der Waals surface area (Å²) in [6.07, 6.45) is 1.01. The molecule has 2 rings (SSSR count). The summed E-state index contributed by atoms with van der Waals surface area (Å²) in [7, 11) is 0. The Kier molecular flexibility index (Phi) is 9.66. The van der Waals surface area contributed by atoms with Crippen molar-refractivity contribution in [3.8, 4) is 0 Å². The molecule has 0 aromatic heterocycles. The van der Waals surface area contributed by atoms with E-state index in [1.807, 2.05) is 13.8 Å². The Morgan fingerprint density at radius 3 is 2.52 bits per heavy atom. The highest BCUT2D eigenvalue weighted by molar-refractivity contribution is 5.85. The molecule has 1 heterocycles. The fourth-order valence-corrected chi connectivity index (χ4v) is 3.39. The van der Waals surface area contributed by atoms with Gasteiger partial charge < -0.3 is 15.5 Å². The van der Waals surface area contributed by atoms with Gasteiger partial charge in [-0.15, -0.1) is 12.4 Å². The zero-order chi connectivity index (χ0) is 19.1. The van der Waals surface area contributed by atoms with Crippen molar-refractivity contribution in [2.45, 2.75) is 45.1 Å². The predicted molar refractivity (Wildman–Crippen MR) is 103 cm³/mol. The lowest BCUT2D eigenvalue weighted by Crippen LogP contribution is -2.50. The quantitative estimate of drug-likeness (QED) is 0.735. The van der Waals surface area contributed by atoms with E-state index in [9.17, 15) is 18.4 Å². The number of nitrogens with zero attached hydrogens (tertiary/aromatic N) is 1. The molecular formula is C19H28ClF2N3O2. The van der Waals surface area contributed by atoms with Crippen molar-refractivity contribution in [2.24, 2.45) is 0 Å². The SMILES string of the molecule is CCN(CC)C(=O)CCC(=O)NC1CNCCC1c1ccc(F)c(F)c1.Cl. The third kappa shape index (κ3) is 6.43. The van der Waals surface area contributed by atoms with Gasteiger partial charge in [-0.1, -0.05) is 6.07 Å². The van der Waals surface area contributed by atoms with E-state index in [-0.39, 0.29) is 49.0 Å². The predicted octanol–water partition coefficient (Wildman–Crippen LogP) is 2.60. The molecule has 0 bridgehead atoms. The fraction of sp³-hybridized carbons (Fsp3) is 0.579. The number of carbonyl (C=O) groups is 2. The average molecular weight is 404 g/mol. The summed E-state index contributed by atoms with van der Waals surface area (Å²) in [5, 5.41) is 6.15. The van der Waals surface area contributed by atoms with Crippen molar-refractivity contribution >= 4 is 24.2 Å². The standard InChI is InChI=1S/C19H27F2N3O2.ClH/c1-3-24(4-2)19(26)8-7-18(25)23-17-12-22-10-9-14(17)13-5-6-15(20)16(21)11-13;/h5-6,11,14,17,22H,3-4,7-10,12H2,1-2H3,(H,23,25);1H. The van der Waals surface area contributed by atoms with Crippen LogP contribution in [0.4, 0.5) is 8.78 Å². The molecule has 2 unspecified atom stereocenters. The van der Waals surface area contributed by atoms with Crippen LogP contribution < -0.4 is 10.6 Å². The van der Waals surface area contributed by atoms with Gasteiger partial charge in [0.15, 0.2) is 11.6 Å². The van der Waals surface area contributed by atoms with Gasteiger partial charge in [0.1, 0.15) is 0 Å². The highest BCUT2D eigenvalue weighted by Crippen LogP contribution is 2.27. The Balaban J connectivity index is 0.00000364. The van der Waals surface area contributed by atoms with Gasteiger partial charge in [-0.05, 0) is 44.5 Å². The molecule has 1 aliphatic rings. The summed E-state index contributed by atoms with van der Waals surface area (Å²) >= 11 is 0. The third-order valence-electron chi connectivity index (χ3n) is 4.88. The van der Waals surface area contributed by atoms with E-state index >= 15 is 0 Å². The largest absolute Gasteiger partial charge is 0.351 e. The molecule has 0 aliphatic carbocycles. The van der Waals surface area contributed by atoms with Gasteiger partial charge >= 0.3 is 0 Å². The molecule has 1 aromatic rings. The minimum atomic E-state index is -0.879. The first-order valence-corrected chi connectivity index (χ1v) is 9.19. The maximum atomic E-state index is 13.6. The van der Waals surface area contributed by atoms with E-state index in [1.165, 1.54) is 6.07 Å². The molecule has 1 fully saturated rings. The van der Waals surface area contributed by atoms with Gasteiger partial charge in [0, 0.05) is 44.4 Å². The van der Waals surface area contributed by atoms with Crippen LogP contribution in [0, 0.1) is 11.6 Å². The van der Waals surface area contributed by atoms with Gasteiger partial charge in [0.25, 0.3) is 0 Å². The Bertz CT molecular complexity index is 641. The van der Waals surface area contributed by atoms with E-state index < -0.39 is 11.6 Å². The zero-order valence-electron chi connectivity index (χ0n) is 15.8. The zero-order valence-corrected chi connectivity index (χ0v) is 16.6. The van der Waals surface area contributed by atoms with Crippen LogP contribution in [0.15, 0.2) is 18.2 Å². The molecule has 0 saturated carbocycles. The lowest BCUT2D eigenvalue weighted by Gasteiger charge is -2.33. The summed E-state index contributed by atoms with van der Waals surface area (Å²) in [6.45, 7) is 6.36. The fourth-order valence-electron chi connectivity index (χ4n) is 3.39. The van der Waals surface area contributed by atoms with Gasteiger partial charge in [0.2, 0.25) is 11.8 Å². The van der Waals surface area contributed by atoms with Crippen LogP contribution >= 0.6 is 12.4 Å². The number of piperidine rings is 1. The molecular weight excluding hydrogens is 376 g/mol. The van der Waals surface area contributed by atoms with E-state index in [4.69, 9.17) is 0 Å². The number of hydrogen-bond donors (Lipinski definition) is 2. The van der Waals surface area contributed by atoms with Crippen molar-refractivity contribution < 1.29 is 18.4 Å². The number of benzene rings is 1. The van der Waals surface area contributed by atoms with Crippen LogP contribution in [0.5, 0.6) is 0 Å². The first kappa shape index (κ1) is 23.3. The maximum absolute atomic E-state index is 13.6. The number of carbonyl (C=O) groups excluding carboxylic acids is 2. The second kappa shape index (κ2) is 11.2. The third-order valence-corrected chi connectivity index (χ3v) is 4.88. The van der Waals surface area contributed by atoms with Crippen LogP contribution in [0.1, 0.15) is 44.6 Å². The topological polar surface area (TPSA) is 61.4 Å². The van der Waals surface area contributed by atoms with Crippen LogP contribution in [-0.2, 0) is 9.59 Å². The first-order valence-electron chi connectivity index (χ1n) is 9.19. The molecule has 8 heteroatoms. The molecule has 1 aromatic carbocycles. The van der Waals surface area contributed by atoms with Gasteiger partial charge in [-0.3, -0.25) is 9.59 Å². The van der Waals surface area contributed by atoms with Crippen molar-refractivity contribution in [2.75, 3.05) is 26.2 Å². The minimum absolute atomic E-state index is 0. The van der Waals surface area contributed by atoms with Crippen molar-refractivity contribution in [3.63, 3.8) is 0 Å². The van der Waals surface area contributed by atoms with E-state index in [0.29, 0.717) is 31.6 Å². The molecule has 0 radical (unpaired) electrons. The first-order chi connectivity index (χ1) is 12.5. The number of amides is 2. The van der Waals surface area contributed by atoms with Gasteiger partial charge in [-0.25, -0.2) is 8.78 Å². The Morgan fingerprint density at radius 2 is 1.89 bits per heavy atom. The molecule has 2 amide bonds. The summed E-state index contributed by atoms with van der Waals surface area (Å²) < 4.78 is 26.7. The Labute approximate surface area is 165 Å². The molecule has 0 spiro atoms. The summed E-state index contributed by atoms with van der Waals surface area (Å²) in [4.78, 5) is 26.0. The second-order valence-corrected chi connectivity index (χ2v) is 6.51. The molecule has 1 aliphatic heterocycles. The minimum Gasteiger partial charge on any atom is -0.351 e. The van der Waals surface area contributed by atoms with Crippen molar-refractivity contribution in [3.05, 3.63) is 35.4 Å². The van der Waals surface area contributed by atoms with Gasteiger partial charge in [-0.2, -0.15) is 0 Å². The highest BCUT2D eigenvalue weighted by atomic mass is 35.5. The summed E-state index contributed by atoms with van der Waals surface area (Å²) in [5.41, 5.74) is 0.676. The number of rotatable bonds is 7. The molecule has 152 valence electrons. The van der Waals surface area contributed by atoms with Crippen LogP contribution in [0.2, 0.25) is 0 Å². The molecule has 27 heavy (non-hydrogen) atoms. The average Bonchev–Trinajstić information content (AvgIpc) is 2.64.